The highest BCUT2D eigenvalue weighted by Gasteiger charge is 2.12. The summed E-state index contributed by atoms with van der Waals surface area (Å²) in [6.07, 6.45) is 1.15. The lowest BCUT2D eigenvalue weighted by Gasteiger charge is -2.16. The predicted molar refractivity (Wildman–Crippen MR) is 69.5 cm³/mol. The van der Waals surface area contributed by atoms with E-state index in [0.717, 1.165) is 26.2 Å². The lowest BCUT2D eigenvalue weighted by Crippen LogP contribution is -2.25. The van der Waals surface area contributed by atoms with Gasteiger partial charge >= 0.3 is 0 Å². The first-order chi connectivity index (χ1) is 7.27. The van der Waals surface area contributed by atoms with Crippen LogP contribution in [0, 0.1) is 0 Å². The molecule has 1 atom stereocenters. The molecule has 0 aliphatic heterocycles. The summed E-state index contributed by atoms with van der Waals surface area (Å²) >= 11 is 5.26. The minimum absolute atomic E-state index is 0.334. The molecule has 1 heterocycles. The zero-order valence-corrected chi connectivity index (χ0v) is 11.7. The van der Waals surface area contributed by atoms with Crippen molar-refractivity contribution < 1.29 is 4.74 Å². The highest BCUT2D eigenvalue weighted by molar-refractivity contribution is 9.11. The maximum absolute atomic E-state index is 5.49. The van der Waals surface area contributed by atoms with Gasteiger partial charge in [-0.15, -0.1) is 11.3 Å². The van der Waals surface area contributed by atoms with Crippen molar-refractivity contribution in [2.45, 2.75) is 26.3 Å². The van der Waals surface area contributed by atoms with Crippen molar-refractivity contribution in [3.8, 4) is 0 Å². The summed E-state index contributed by atoms with van der Waals surface area (Å²) in [7, 11) is 0. The van der Waals surface area contributed by atoms with Crippen molar-refractivity contribution >= 4 is 27.3 Å². The Morgan fingerprint density at radius 1 is 1.47 bits per heavy atom. The molecule has 0 fully saturated rings. The zero-order valence-electron chi connectivity index (χ0n) is 9.25. The van der Waals surface area contributed by atoms with Gasteiger partial charge in [0.05, 0.1) is 16.4 Å². The van der Waals surface area contributed by atoms with Gasteiger partial charge < -0.3 is 10.1 Å². The van der Waals surface area contributed by atoms with Crippen molar-refractivity contribution in [1.29, 1.82) is 0 Å². The van der Waals surface area contributed by atoms with E-state index in [1.165, 1.54) is 8.66 Å². The number of halogens is 1. The Kier molecular flexibility index (Phi) is 6.48. The van der Waals surface area contributed by atoms with E-state index in [1.807, 2.05) is 6.92 Å². The van der Waals surface area contributed by atoms with Gasteiger partial charge in [-0.3, -0.25) is 0 Å². The van der Waals surface area contributed by atoms with E-state index in [0.29, 0.717) is 6.04 Å². The van der Waals surface area contributed by atoms with E-state index < -0.39 is 0 Å². The van der Waals surface area contributed by atoms with E-state index in [9.17, 15) is 0 Å². The summed E-state index contributed by atoms with van der Waals surface area (Å²) in [5.74, 6) is 0. The summed E-state index contributed by atoms with van der Waals surface area (Å²) in [6, 6.07) is 4.58. The number of thiophene rings is 1. The number of hydrogen-bond acceptors (Lipinski definition) is 3. The third-order valence-corrected chi connectivity index (χ3v) is 3.80. The molecule has 1 rings (SSSR count). The molecule has 0 aliphatic rings. The lowest BCUT2D eigenvalue weighted by atomic mass is 10.2. The number of nitrogens with one attached hydrogen (secondary N) is 1. The predicted octanol–water partition coefficient (Wildman–Crippen LogP) is 3.59. The molecule has 0 saturated heterocycles. The van der Waals surface area contributed by atoms with Gasteiger partial charge in [0, 0.05) is 11.5 Å². The van der Waals surface area contributed by atoms with E-state index >= 15 is 0 Å². The Morgan fingerprint density at radius 2 is 2.27 bits per heavy atom. The first-order valence-electron chi connectivity index (χ1n) is 5.34. The summed E-state index contributed by atoms with van der Waals surface area (Å²) in [6.45, 7) is 6.77. The van der Waals surface area contributed by atoms with E-state index in [1.54, 1.807) is 11.3 Å². The second-order valence-electron chi connectivity index (χ2n) is 3.31. The summed E-state index contributed by atoms with van der Waals surface area (Å²) in [5.41, 5.74) is 0. The fraction of sp³-hybridized carbons (Fsp3) is 0.636. The Labute approximate surface area is 104 Å². The van der Waals surface area contributed by atoms with Crippen LogP contribution in [0.5, 0.6) is 0 Å². The second-order valence-corrected chi connectivity index (χ2v) is 5.80. The first-order valence-corrected chi connectivity index (χ1v) is 6.95. The molecule has 0 amide bonds. The summed E-state index contributed by atoms with van der Waals surface area (Å²) in [5, 5.41) is 3.50. The van der Waals surface area contributed by atoms with Crippen LogP contribution < -0.4 is 5.32 Å². The number of hydrogen-bond donors (Lipinski definition) is 1. The normalized spacial score (nSPS) is 13.0. The molecule has 0 radical (unpaired) electrons. The highest BCUT2D eigenvalue weighted by Crippen LogP contribution is 2.27. The average molecular weight is 292 g/mol. The molecule has 0 saturated carbocycles. The van der Waals surface area contributed by atoms with Crippen LogP contribution in [0.2, 0.25) is 0 Å². The van der Waals surface area contributed by atoms with Crippen LogP contribution in [0.4, 0.5) is 0 Å². The van der Waals surface area contributed by atoms with Crippen LogP contribution in [0.15, 0.2) is 15.9 Å². The van der Waals surface area contributed by atoms with Gasteiger partial charge in [-0.05, 0) is 48.0 Å². The van der Waals surface area contributed by atoms with Crippen LogP contribution in [0.3, 0.4) is 0 Å². The quantitative estimate of drug-likeness (QED) is 0.829. The minimum atomic E-state index is 0.334. The summed E-state index contributed by atoms with van der Waals surface area (Å²) < 4.78 is 6.66. The molecule has 0 bridgehead atoms. The molecule has 0 aliphatic carbocycles. The van der Waals surface area contributed by atoms with Crippen LogP contribution in [-0.2, 0) is 4.74 Å². The Bertz CT molecular complexity index is 269. The van der Waals surface area contributed by atoms with Gasteiger partial charge in [0.25, 0.3) is 0 Å². The molecule has 1 N–H and O–H groups in total. The highest BCUT2D eigenvalue weighted by atomic mass is 79.9. The summed E-state index contributed by atoms with van der Waals surface area (Å²) in [4.78, 5) is 1.34. The molecular weight excluding hydrogens is 274 g/mol. The molecule has 2 nitrogen and oxygen atoms in total. The number of ether oxygens (including phenoxy) is 1. The zero-order chi connectivity index (χ0) is 11.1. The second kappa shape index (κ2) is 7.39. The molecule has 15 heavy (non-hydrogen) atoms. The van der Waals surface area contributed by atoms with Crippen molar-refractivity contribution in [1.82, 2.24) is 5.32 Å². The minimum Gasteiger partial charge on any atom is -0.380 e. The smallest absolute Gasteiger partial charge is 0.0702 e. The molecule has 1 aromatic rings. The third kappa shape index (κ3) is 4.64. The topological polar surface area (TPSA) is 21.3 Å². The Morgan fingerprint density at radius 3 is 2.80 bits per heavy atom. The fourth-order valence-corrected chi connectivity index (χ4v) is 2.80. The maximum atomic E-state index is 5.49. The molecular formula is C11H18BrNOS. The molecule has 86 valence electrons. The van der Waals surface area contributed by atoms with Gasteiger partial charge in [-0.1, -0.05) is 6.92 Å². The van der Waals surface area contributed by atoms with Gasteiger partial charge in [-0.2, -0.15) is 0 Å². The van der Waals surface area contributed by atoms with Crippen LogP contribution >= 0.6 is 27.3 Å². The fourth-order valence-electron chi connectivity index (χ4n) is 1.31. The SMILES string of the molecule is CCCNC(COCC)c1ccc(Br)s1. The van der Waals surface area contributed by atoms with Gasteiger partial charge in [0.1, 0.15) is 0 Å². The molecule has 4 heteroatoms. The van der Waals surface area contributed by atoms with Crippen molar-refractivity contribution in [3.63, 3.8) is 0 Å². The first kappa shape index (κ1) is 13.2. The van der Waals surface area contributed by atoms with Gasteiger partial charge in [0.15, 0.2) is 0 Å². The van der Waals surface area contributed by atoms with E-state index in [2.05, 4.69) is 40.3 Å². The van der Waals surface area contributed by atoms with Crippen molar-refractivity contribution in [2.24, 2.45) is 0 Å². The monoisotopic (exact) mass is 291 g/mol. The van der Waals surface area contributed by atoms with Crippen LogP contribution in [0.1, 0.15) is 31.2 Å². The van der Waals surface area contributed by atoms with Crippen LogP contribution in [-0.4, -0.2) is 19.8 Å². The Hall–Kier alpha value is 0.1000. The number of rotatable bonds is 7. The van der Waals surface area contributed by atoms with Crippen molar-refractivity contribution in [3.05, 3.63) is 20.8 Å². The Balaban J connectivity index is 2.54. The maximum Gasteiger partial charge on any atom is 0.0702 e. The third-order valence-electron chi connectivity index (χ3n) is 2.07. The van der Waals surface area contributed by atoms with Gasteiger partial charge in [-0.25, -0.2) is 0 Å². The lowest BCUT2D eigenvalue weighted by molar-refractivity contribution is 0.124. The molecule has 1 unspecified atom stereocenters. The van der Waals surface area contributed by atoms with Crippen LogP contribution in [0.25, 0.3) is 0 Å². The molecule has 1 aromatic heterocycles. The van der Waals surface area contributed by atoms with E-state index in [4.69, 9.17) is 4.74 Å². The average Bonchev–Trinajstić information content (AvgIpc) is 2.65. The van der Waals surface area contributed by atoms with Gasteiger partial charge in [0.2, 0.25) is 0 Å². The van der Waals surface area contributed by atoms with Crippen molar-refractivity contribution in [2.75, 3.05) is 19.8 Å². The molecule has 0 aromatic carbocycles. The largest absolute Gasteiger partial charge is 0.380 e. The molecule has 0 spiro atoms. The van der Waals surface area contributed by atoms with E-state index in [-0.39, 0.29) is 0 Å². The standard InChI is InChI=1S/C11H18BrNOS/c1-3-7-13-9(8-14-4-2)10-5-6-11(12)15-10/h5-6,9,13H,3-4,7-8H2,1-2H3.